The Morgan fingerprint density at radius 3 is 2.19 bits per heavy atom. The minimum Gasteiger partial charge on any atom is -0.368 e. The molecule has 1 aliphatic heterocycles. The van der Waals surface area contributed by atoms with E-state index in [1.165, 1.54) is 16.9 Å². The first-order valence-corrected chi connectivity index (χ1v) is 9.41. The predicted octanol–water partition coefficient (Wildman–Crippen LogP) is 3.61. The quantitative estimate of drug-likeness (QED) is 0.886. The third kappa shape index (κ3) is 4.10. The van der Waals surface area contributed by atoms with E-state index in [0.717, 1.165) is 44.7 Å². The molecule has 136 valence electrons. The average Bonchev–Trinajstić information content (AvgIpc) is 3.46. The Morgan fingerprint density at radius 2 is 1.58 bits per heavy atom. The van der Waals surface area contributed by atoms with Gasteiger partial charge >= 0.3 is 6.03 Å². The zero-order chi connectivity index (χ0) is 17.9. The lowest BCUT2D eigenvalue weighted by Crippen LogP contribution is -2.46. The van der Waals surface area contributed by atoms with Crippen LogP contribution in [0.15, 0.2) is 48.5 Å². The van der Waals surface area contributed by atoms with Crippen LogP contribution in [0.25, 0.3) is 0 Å². The van der Waals surface area contributed by atoms with Crippen molar-refractivity contribution in [1.82, 2.24) is 5.32 Å². The van der Waals surface area contributed by atoms with Gasteiger partial charge in [-0.15, -0.1) is 0 Å². The largest absolute Gasteiger partial charge is 0.368 e. The molecule has 5 heteroatoms. The van der Waals surface area contributed by atoms with Crippen LogP contribution in [-0.2, 0) is 0 Å². The standard InChI is InChI=1S/C21H26N4O/c1-16-3-2-4-20(15-16)25-13-11-24(12-14-25)19-9-7-18(8-10-19)23-21(26)22-17-5-6-17/h2-4,7-10,15,17H,5-6,11-14H2,1H3,(H2,22,23,26). The summed E-state index contributed by atoms with van der Waals surface area (Å²) in [6, 6.07) is 17.1. The van der Waals surface area contributed by atoms with Crippen LogP contribution in [0.4, 0.5) is 21.9 Å². The van der Waals surface area contributed by atoms with Crippen LogP contribution in [0.3, 0.4) is 0 Å². The van der Waals surface area contributed by atoms with Crippen LogP contribution in [0.1, 0.15) is 18.4 Å². The number of carbonyl (C=O) groups is 1. The smallest absolute Gasteiger partial charge is 0.319 e. The van der Waals surface area contributed by atoms with Crippen LogP contribution in [0.5, 0.6) is 0 Å². The molecule has 2 aliphatic rings. The van der Waals surface area contributed by atoms with Crippen molar-refractivity contribution in [3.05, 3.63) is 54.1 Å². The fourth-order valence-electron chi connectivity index (χ4n) is 3.38. The minimum atomic E-state index is -0.105. The molecule has 0 aromatic heterocycles. The van der Waals surface area contributed by atoms with Crippen molar-refractivity contribution in [2.45, 2.75) is 25.8 Å². The highest BCUT2D eigenvalue weighted by Crippen LogP contribution is 2.23. The molecule has 2 N–H and O–H groups in total. The lowest BCUT2D eigenvalue weighted by molar-refractivity contribution is 0.251. The third-order valence-electron chi connectivity index (χ3n) is 5.05. The van der Waals surface area contributed by atoms with Gasteiger partial charge in [0.1, 0.15) is 0 Å². The second kappa shape index (κ2) is 7.28. The van der Waals surface area contributed by atoms with E-state index in [9.17, 15) is 4.79 Å². The van der Waals surface area contributed by atoms with Crippen molar-refractivity contribution in [2.75, 3.05) is 41.3 Å². The highest BCUT2D eigenvalue weighted by atomic mass is 16.2. The Balaban J connectivity index is 1.31. The van der Waals surface area contributed by atoms with Crippen molar-refractivity contribution in [2.24, 2.45) is 0 Å². The molecule has 0 bridgehead atoms. The van der Waals surface area contributed by atoms with Gasteiger partial charge in [0.25, 0.3) is 0 Å². The molecule has 2 fully saturated rings. The first-order valence-electron chi connectivity index (χ1n) is 9.41. The molecule has 1 saturated heterocycles. The molecule has 26 heavy (non-hydrogen) atoms. The maximum Gasteiger partial charge on any atom is 0.319 e. The maximum absolute atomic E-state index is 11.8. The number of amides is 2. The number of anilines is 3. The zero-order valence-electron chi connectivity index (χ0n) is 15.2. The van der Waals surface area contributed by atoms with Gasteiger partial charge in [-0.3, -0.25) is 0 Å². The molecule has 2 aromatic carbocycles. The van der Waals surface area contributed by atoms with E-state index in [4.69, 9.17) is 0 Å². The monoisotopic (exact) mass is 350 g/mol. The number of nitrogens with one attached hydrogen (secondary N) is 2. The Labute approximate surface area is 155 Å². The molecule has 0 radical (unpaired) electrons. The fraction of sp³-hybridized carbons (Fsp3) is 0.381. The van der Waals surface area contributed by atoms with Gasteiger partial charge < -0.3 is 20.4 Å². The Kier molecular flexibility index (Phi) is 4.69. The van der Waals surface area contributed by atoms with Gasteiger partial charge in [-0.05, 0) is 61.7 Å². The summed E-state index contributed by atoms with van der Waals surface area (Å²) in [5.41, 5.74) is 4.66. The van der Waals surface area contributed by atoms with Gasteiger partial charge in [0.15, 0.2) is 0 Å². The minimum absolute atomic E-state index is 0.105. The number of nitrogens with zero attached hydrogens (tertiary/aromatic N) is 2. The van der Waals surface area contributed by atoms with E-state index in [2.05, 4.69) is 63.8 Å². The first kappa shape index (κ1) is 16.8. The fourth-order valence-corrected chi connectivity index (χ4v) is 3.38. The van der Waals surface area contributed by atoms with Gasteiger partial charge in [-0.25, -0.2) is 4.79 Å². The summed E-state index contributed by atoms with van der Waals surface area (Å²) >= 11 is 0. The summed E-state index contributed by atoms with van der Waals surface area (Å²) in [6.45, 7) is 6.19. The van der Waals surface area contributed by atoms with E-state index in [1.54, 1.807) is 0 Å². The third-order valence-corrected chi connectivity index (χ3v) is 5.05. The summed E-state index contributed by atoms with van der Waals surface area (Å²) in [7, 11) is 0. The Hall–Kier alpha value is -2.69. The summed E-state index contributed by atoms with van der Waals surface area (Å²) in [5, 5.41) is 5.84. The van der Waals surface area contributed by atoms with Gasteiger partial charge in [-0.2, -0.15) is 0 Å². The van der Waals surface area contributed by atoms with E-state index in [-0.39, 0.29) is 6.03 Å². The van der Waals surface area contributed by atoms with Crippen molar-refractivity contribution >= 4 is 23.1 Å². The number of urea groups is 1. The van der Waals surface area contributed by atoms with Gasteiger partial charge in [0.2, 0.25) is 0 Å². The lowest BCUT2D eigenvalue weighted by Gasteiger charge is -2.37. The highest BCUT2D eigenvalue weighted by molar-refractivity contribution is 5.89. The Morgan fingerprint density at radius 1 is 0.923 bits per heavy atom. The first-order chi connectivity index (χ1) is 12.7. The van der Waals surface area contributed by atoms with E-state index in [1.807, 2.05) is 12.1 Å². The van der Waals surface area contributed by atoms with Crippen molar-refractivity contribution in [1.29, 1.82) is 0 Å². The van der Waals surface area contributed by atoms with E-state index < -0.39 is 0 Å². The molecule has 2 aromatic rings. The van der Waals surface area contributed by atoms with Gasteiger partial charge in [0.05, 0.1) is 0 Å². The van der Waals surface area contributed by atoms with Gasteiger partial charge in [0, 0.05) is 49.3 Å². The van der Waals surface area contributed by atoms with Crippen LogP contribution in [0.2, 0.25) is 0 Å². The molecular formula is C21H26N4O. The van der Waals surface area contributed by atoms with Crippen molar-refractivity contribution in [3.63, 3.8) is 0 Å². The highest BCUT2D eigenvalue weighted by Gasteiger charge is 2.23. The molecule has 0 atom stereocenters. The van der Waals surface area contributed by atoms with Crippen LogP contribution >= 0.6 is 0 Å². The molecule has 1 aliphatic carbocycles. The Bertz CT molecular complexity index is 762. The van der Waals surface area contributed by atoms with Crippen molar-refractivity contribution in [3.8, 4) is 0 Å². The van der Waals surface area contributed by atoms with E-state index >= 15 is 0 Å². The molecule has 1 saturated carbocycles. The van der Waals surface area contributed by atoms with Crippen molar-refractivity contribution < 1.29 is 4.79 Å². The normalized spacial score (nSPS) is 17.1. The number of aryl methyl sites for hydroxylation is 1. The number of hydrogen-bond donors (Lipinski definition) is 2. The molecule has 1 heterocycles. The summed E-state index contributed by atoms with van der Waals surface area (Å²) in [6.07, 6.45) is 2.20. The number of carbonyl (C=O) groups excluding carboxylic acids is 1. The van der Waals surface area contributed by atoms with Crippen LogP contribution in [-0.4, -0.2) is 38.3 Å². The number of piperazine rings is 1. The molecule has 5 nitrogen and oxygen atoms in total. The van der Waals surface area contributed by atoms with Crippen LogP contribution < -0.4 is 20.4 Å². The second-order valence-electron chi connectivity index (χ2n) is 7.23. The van der Waals surface area contributed by atoms with Crippen LogP contribution in [0, 0.1) is 6.92 Å². The number of hydrogen-bond acceptors (Lipinski definition) is 3. The SMILES string of the molecule is Cc1cccc(N2CCN(c3ccc(NC(=O)NC4CC4)cc3)CC2)c1. The number of rotatable bonds is 4. The molecular weight excluding hydrogens is 324 g/mol. The predicted molar refractivity (Wildman–Crippen MR) is 107 cm³/mol. The molecule has 2 amide bonds. The zero-order valence-corrected chi connectivity index (χ0v) is 15.2. The maximum atomic E-state index is 11.8. The van der Waals surface area contributed by atoms with E-state index in [0.29, 0.717) is 6.04 Å². The lowest BCUT2D eigenvalue weighted by atomic mass is 10.2. The molecule has 0 spiro atoms. The summed E-state index contributed by atoms with van der Waals surface area (Å²) < 4.78 is 0. The second-order valence-corrected chi connectivity index (χ2v) is 7.23. The molecule has 0 unspecified atom stereocenters. The van der Waals surface area contributed by atoms with Gasteiger partial charge in [-0.1, -0.05) is 12.1 Å². The average molecular weight is 350 g/mol. The summed E-state index contributed by atoms with van der Waals surface area (Å²) in [5.74, 6) is 0. The molecule has 4 rings (SSSR count). The topological polar surface area (TPSA) is 47.6 Å². The number of benzene rings is 2. The summed E-state index contributed by atoms with van der Waals surface area (Å²) in [4.78, 5) is 16.7.